The van der Waals surface area contributed by atoms with Crippen molar-refractivity contribution < 1.29 is 14.7 Å². The molecule has 1 aliphatic rings. The molecular formula is C15H15N3O3. The first-order chi connectivity index (χ1) is 10.1. The number of amides is 2. The van der Waals surface area contributed by atoms with E-state index in [1.807, 2.05) is 6.07 Å². The van der Waals surface area contributed by atoms with E-state index in [0.717, 1.165) is 15.7 Å². The van der Waals surface area contributed by atoms with Crippen molar-refractivity contribution in [3.63, 3.8) is 0 Å². The first-order valence-corrected chi connectivity index (χ1v) is 6.71. The molecule has 0 bridgehead atoms. The molecule has 1 fully saturated rings. The standard InChI is InChI=1S/C15H15N3O3/c1-18-13(20)5-4-12(15(18)21)17-14-11-8-10(19)3-2-9(11)6-7-16-14/h2-3,6-8,12,19H,4-5H2,1H3,(H,16,17). The quantitative estimate of drug-likeness (QED) is 0.817. The Labute approximate surface area is 121 Å². The van der Waals surface area contributed by atoms with Gasteiger partial charge in [0.15, 0.2) is 0 Å². The van der Waals surface area contributed by atoms with Crippen LogP contribution in [-0.4, -0.2) is 39.9 Å². The number of phenolic OH excluding ortho intramolecular Hbond substituents is 1. The molecule has 2 heterocycles. The summed E-state index contributed by atoms with van der Waals surface area (Å²) in [6, 6.07) is 6.35. The van der Waals surface area contributed by atoms with Gasteiger partial charge in [-0.1, -0.05) is 6.07 Å². The zero-order valence-electron chi connectivity index (χ0n) is 11.5. The molecule has 2 aromatic rings. The number of aromatic nitrogens is 1. The number of piperidine rings is 1. The summed E-state index contributed by atoms with van der Waals surface area (Å²) in [6.45, 7) is 0. The fourth-order valence-corrected chi connectivity index (χ4v) is 2.49. The maximum atomic E-state index is 12.1. The fraction of sp³-hybridized carbons (Fsp3) is 0.267. The summed E-state index contributed by atoms with van der Waals surface area (Å²) in [7, 11) is 1.49. The van der Waals surface area contributed by atoms with E-state index < -0.39 is 6.04 Å². The van der Waals surface area contributed by atoms with Crippen LogP contribution in [0.2, 0.25) is 0 Å². The topological polar surface area (TPSA) is 82.5 Å². The van der Waals surface area contributed by atoms with Crippen LogP contribution in [0.15, 0.2) is 30.5 Å². The van der Waals surface area contributed by atoms with E-state index in [9.17, 15) is 14.7 Å². The molecule has 1 saturated heterocycles. The Morgan fingerprint density at radius 2 is 2.14 bits per heavy atom. The van der Waals surface area contributed by atoms with Gasteiger partial charge in [0.05, 0.1) is 0 Å². The van der Waals surface area contributed by atoms with Crippen LogP contribution in [0.3, 0.4) is 0 Å². The molecule has 3 rings (SSSR count). The first-order valence-electron chi connectivity index (χ1n) is 6.71. The van der Waals surface area contributed by atoms with Crippen LogP contribution in [0, 0.1) is 0 Å². The van der Waals surface area contributed by atoms with Gasteiger partial charge in [0.25, 0.3) is 5.91 Å². The van der Waals surface area contributed by atoms with Gasteiger partial charge in [0.1, 0.15) is 17.6 Å². The molecular weight excluding hydrogens is 270 g/mol. The molecule has 1 aromatic carbocycles. The van der Waals surface area contributed by atoms with Gasteiger partial charge >= 0.3 is 0 Å². The molecule has 0 aliphatic carbocycles. The molecule has 6 heteroatoms. The Kier molecular flexibility index (Phi) is 3.21. The normalized spacial score (nSPS) is 19.1. The molecule has 0 spiro atoms. The van der Waals surface area contributed by atoms with Crippen molar-refractivity contribution in [2.75, 3.05) is 12.4 Å². The summed E-state index contributed by atoms with van der Waals surface area (Å²) in [5.41, 5.74) is 0. The van der Waals surface area contributed by atoms with Gasteiger partial charge in [-0.3, -0.25) is 14.5 Å². The van der Waals surface area contributed by atoms with E-state index in [-0.39, 0.29) is 17.6 Å². The van der Waals surface area contributed by atoms with Gasteiger partial charge in [0.2, 0.25) is 5.91 Å². The van der Waals surface area contributed by atoms with E-state index >= 15 is 0 Å². The molecule has 1 unspecified atom stereocenters. The Morgan fingerprint density at radius 1 is 1.33 bits per heavy atom. The molecule has 1 aliphatic heterocycles. The number of benzene rings is 1. The number of likely N-dealkylation sites (tertiary alicyclic amines) is 1. The Bertz CT molecular complexity index is 729. The number of fused-ring (bicyclic) bond motifs is 1. The number of phenols is 1. The van der Waals surface area contributed by atoms with Gasteiger partial charge in [-0.2, -0.15) is 0 Å². The van der Waals surface area contributed by atoms with Crippen LogP contribution in [0.5, 0.6) is 5.75 Å². The van der Waals surface area contributed by atoms with Crippen molar-refractivity contribution in [1.82, 2.24) is 9.88 Å². The smallest absolute Gasteiger partial charge is 0.251 e. The second-order valence-electron chi connectivity index (χ2n) is 5.09. The highest BCUT2D eigenvalue weighted by Crippen LogP contribution is 2.26. The average Bonchev–Trinajstić information content (AvgIpc) is 2.48. The molecule has 6 nitrogen and oxygen atoms in total. The largest absolute Gasteiger partial charge is 0.508 e. The summed E-state index contributed by atoms with van der Waals surface area (Å²) < 4.78 is 0. The van der Waals surface area contributed by atoms with Crippen molar-refractivity contribution >= 4 is 28.4 Å². The summed E-state index contributed by atoms with van der Waals surface area (Å²) in [4.78, 5) is 29.0. The molecule has 108 valence electrons. The minimum Gasteiger partial charge on any atom is -0.508 e. The van der Waals surface area contributed by atoms with Crippen molar-refractivity contribution in [1.29, 1.82) is 0 Å². The summed E-state index contributed by atoms with van der Waals surface area (Å²) in [5, 5.41) is 14.4. The predicted octanol–water partition coefficient (Wildman–Crippen LogP) is 1.50. The molecule has 0 radical (unpaired) electrons. The zero-order valence-corrected chi connectivity index (χ0v) is 11.5. The lowest BCUT2D eigenvalue weighted by atomic mass is 10.0. The number of hydrogen-bond donors (Lipinski definition) is 2. The van der Waals surface area contributed by atoms with E-state index in [0.29, 0.717) is 18.7 Å². The van der Waals surface area contributed by atoms with Crippen LogP contribution in [0.25, 0.3) is 10.8 Å². The maximum absolute atomic E-state index is 12.1. The maximum Gasteiger partial charge on any atom is 0.251 e. The van der Waals surface area contributed by atoms with Crippen LogP contribution in [0.4, 0.5) is 5.82 Å². The van der Waals surface area contributed by atoms with Crippen LogP contribution >= 0.6 is 0 Å². The molecule has 2 amide bonds. The van der Waals surface area contributed by atoms with Crippen LogP contribution in [-0.2, 0) is 9.59 Å². The fourth-order valence-electron chi connectivity index (χ4n) is 2.49. The minimum atomic E-state index is -0.479. The van der Waals surface area contributed by atoms with E-state index in [2.05, 4.69) is 10.3 Å². The van der Waals surface area contributed by atoms with Gasteiger partial charge in [-0.15, -0.1) is 0 Å². The third kappa shape index (κ3) is 2.40. The van der Waals surface area contributed by atoms with Gasteiger partial charge in [-0.25, -0.2) is 4.98 Å². The zero-order chi connectivity index (χ0) is 15.0. The van der Waals surface area contributed by atoms with Gasteiger partial charge in [0, 0.05) is 25.1 Å². The van der Waals surface area contributed by atoms with Crippen LogP contribution < -0.4 is 5.32 Å². The lowest BCUT2D eigenvalue weighted by Crippen LogP contribution is -2.48. The Hall–Kier alpha value is -2.63. The molecule has 2 N–H and O–H groups in total. The SMILES string of the molecule is CN1C(=O)CCC(Nc2nccc3ccc(O)cc23)C1=O. The highest BCUT2D eigenvalue weighted by molar-refractivity contribution is 6.02. The van der Waals surface area contributed by atoms with E-state index in [1.54, 1.807) is 24.4 Å². The molecule has 21 heavy (non-hydrogen) atoms. The van der Waals surface area contributed by atoms with Crippen molar-refractivity contribution in [2.24, 2.45) is 0 Å². The number of carbonyl (C=O) groups is 2. The number of hydrogen-bond acceptors (Lipinski definition) is 5. The number of imide groups is 1. The Morgan fingerprint density at radius 3 is 2.95 bits per heavy atom. The number of carbonyl (C=O) groups excluding carboxylic acids is 2. The lowest BCUT2D eigenvalue weighted by Gasteiger charge is -2.28. The number of aromatic hydroxyl groups is 1. The number of nitrogens with one attached hydrogen (secondary N) is 1. The van der Waals surface area contributed by atoms with Crippen molar-refractivity contribution in [3.8, 4) is 5.75 Å². The van der Waals surface area contributed by atoms with E-state index in [1.165, 1.54) is 7.05 Å². The second kappa shape index (κ2) is 5.05. The second-order valence-corrected chi connectivity index (χ2v) is 5.09. The first kappa shape index (κ1) is 13.4. The number of likely N-dealkylation sites (N-methyl/N-ethyl adjacent to an activating group) is 1. The predicted molar refractivity (Wildman–Crippen MR) is 77.8 cm³/mol. The van der Waals surface area contributed by atoms with Gasteiger partial charge in [-0.05, 0) is 30.0 Å². The monoisotopic (exact) mass is 285 g/mol. The van der Waals surface area contributed by atoms with Crippen molar-refractivity contribution in [2.45, 2.75) is 18.9 Å². The number of nitrogens with zero attached hydrogens (tertiary/aromatic N) is 2. The molecule has 0 saturated carbocycles. The van der Waals surface area contributed by atoms with Crippen molar-refractivity contribution in [3.05, 3.63) is 30.5 Å². The summed E-state index contributed by atoms with van der Waals surface area (Å²) in [6.07, 6.45) is 2.42. The number of rotatable bonds is 2. The van der Waals surface area contributed by atoms with Gasteiger partial charge < -0.3 is 10.4 Å². The summed E-state index contributed by atoms with van der Waals surface area (Å²) in [5.74, 6) is 0.247. The van der Waals surface area contributed by atoms with Crippen LogP contribution in [0.1, 0.15) is 12.8 Å². The third-order valence-electron chi connectivity index (χ3n) is 3.71. The highest BCUT2D eigenvalue weighted by atomic mass is 16.3. The number of pyridine rings is 1. The van der Waals surface area contributed by atoms with E-state index in [4.69, 9.17) is 0 Å². The lowest BCUT2D eigenvalue weighted by molar-refractivity contribution is -0.146. The summed E-state index contributed by atoms with van der Waals surface area (Å²) >= 11 is 0. The highest BCUT2D eigenvalue weighted by Gasteiger charge is 2.32. The third-order valence-corrected chi connectivity index (χ3v) is 3.71. The average molecular weight is 285 g/mol. The minimum absolute atomic E-state index is 0.140. The Balaban J connectivity index is 1.93. The molecule has 1 aromatic heterocycles. The molecule has 1 atom stereocenters. The number of anilines is 1.